The maximum atomic E-state index is 12.2. The van der Waals surface area contributed by atoms with Crippen molar-refractivity contribution in [2.24, 2.45) is 0 Å². The standard InChI is InChI=1S/C12H22N2O5S/c1-3-8-20(18,19)13-9(2)11(15)14-7-5-4-6-10(14)12(16)17/h9-10,13H,3-8H2,1-2H3,(H,16,17)/t9?,10-/m0/s1. The zero-order valence-electron chi connectivity index (χ0n) is 11.8. The first-order valence-corrected chi connectivity index (χ1v) is 8.47. The number of nitrogens with zero attached hydrogens (tertiary/aromatic N) is 1. The second-order valence-electron chi connectivity index (χ2n) is 5.04. The summed E-state index contributed by atoms with van der Waals surface area (Å²) in [6, 6.07) is -1.79. The van der Waals surface area contributed by atoms with Crippen LogP contribution in [0.15, 0.2) is 0 Å². The zero-order chi connectivity index (χ0) is 15.3. The number of likely N-dealkylation sites (tertiary alicyclic amines) is 1. The Labute approximate surface area is 119 Å². The van der Waals surface area contributed by atoms with Crippen molar-refractivity contribution in [3.63, 3.8) is 0 Å². The summed E-state index contributed by atoms with van der Waals surface area (Å²) in [5.41, 5.74) is 0. The Balaban J connectivity index is 2.74. The molecular formula is C12H22N2O5S. The van der Waals surface area contributed by atoms with Gasteiger partial charge in [0.2, 0.25) is 15.9 Å². The molecule has 0 radical (unpaired) electrons. The molecule has 1 saturated heterocycles. The summed E-state index contributed by atoms with van der Waals surface area (Å²) in [4.78, 5) is 24.6. The van der Waals surface area contributed by atoms with E-state index in [2.05, 4.69) is 4.72 Å². The number of nitrogens with one attached hydrogen (secondary N) is 1. The summed E-state index contributed by atoms with van der Waals surface area (Å²) >= 11 is 0. The van der Waals surface area contributed by atoms with Gasteiger partial charge in [-0.15, -0.1) is 0 Å². The first kappa shape index (κ1) is 16.9. The number of carboxylic acid groups (broad SMARTS) is 1. The quantitative estimate of drug-likeness (QED) is 0.728. The van der Waals surface area contributed by atoms with Crippen LogP contribution in [-0.4, -0.2) is 54.7 Å². The predicted molar refractivity (Wildman–Crippen MR) is 73.7 cm³/mol. The lowest BCUT2D eigenvalue weighted by Gasteiger charge is -2.34. The number of aliphatic carboxylic acids is 1. The molecule has 0 aromatic rings. The van der Waals surface area contributed by atoms with E-state index in [1.54, 1.807) is 6.92 Å². The zero-order valence-corrected chi connectivity index (χ0v) is 12.6. The van der Waals surface area contributed by atoms with Crippen molar-refractivity contribution in [1.82, 2.24) is 9.62 Å². The average molecular weight is 306 g/mol. The highest BCUT2D eigenvalue weighted by molar-refractivity contribution is 7.89. The molecule has 0 spiro atoms. The minimum atomic E-state index is -3.50. The first-order chi connectivity index (χ1) is 9.28. The van der Waals surface area contributed by atoms with Gasteiger partial charge < -0.3 is 10.0 Å². The second kappa shape index (κ2) is 7.03. The molecule has 2 atom stereocenters. The van der Waals surface area contributed by atoms with E-state index < -0.39 is 34.0 Å². The van der Waals surface area contributed by atoms with Gasteiger partial charge in [-0.1, -0.05) is 6.92 Å². The van der Waals surface area contributed by atoms with Gasteiger partial charge in [0, 0.05) is 6.54 Å². The number of sulfonamides is 1. The van der Waals surface area contributed by atoms with E-state index in [1.165, 1.54) is 11.8 Å². The fraction of sp³-hybridized carbons (Fsp3) is 0.833. The molecule has 0 saturated carbocycles. The Kier molecular flexibility index (Phi) is 5.94. The van der Waals surface area contributed by atoms with Crippen LogP contribution in [-0.2, 0) is 19.6 Å². The first-order valence-electron chi connectivity index (χ1n) is 6.81. The summed E-state index contributed by atoms with van der Waals surface area (Å²) in [5.74, 6) is -1.56. The van der Waals surface area contributed by atoms with Gasteiger partial charge in [0.25, 0.3) is 0 Å². The van der Waals surface area contributed by atoms with Crippen LogP contribution in [0.4, 0.5) is 0 Å². The fourth-order valence-electron chi connectivity index (χ4n) is 2.35. The van der Waals surface area contributed by atoms with Crippen molar-refractivity contribution in [2.45, 2.75) is 51.6 Å². The van der Waals surface area contributed by atoms with E-state index in [-0.39, 0.29) is 5.75 Å². The van der Waals surface area contributed by atoms with Gasteiger partial charge in [0.05, 0.1) is 11.8 Å². The summed E-state index contributed by atoms with van der Waals surface area (Å²) < 4.78 is 25.6. The summed E-state index contributed by atoms with van der Waals surface area (Å²) in [5, 5.41) is 9.12. The number of rotatable bonds is 6. The average Bonchev–Trinajstić information content (AvgIpc) is 2.37. The lowest BCUT2D eigenvalue weighted by Crippen LogP contribution is -2.54. The normalized spacial score (nSPS) is 21.5. The lowest BCUT2D eigenvalue weighted by molar-refractivity contribution is -0.152. The van der Waals surface area contributed by atoms with Crippen LogP contribution in [0.3, 0.4) is 0 Å². The van der Waals surface area contributed by atoms with E-state index in [9.17, 15) is 18.0 Å². The number of carboxylic acids is 1. The van der Waals surface area contributed by atoms with Gasteiger partial charge in [-0.2, -0.15) is 0 Å². The highest BCUT2D eigenvalue weighted by Gasteiger charge is 2.34. The minimum Gasteiger partial charge on any atom is -0.480 e. The monoisotopic (exact) mass is 306 g/mol. The van der Waals surface area contributed by atoms with Crippen LogP contribution in [0.1, 0.15) is 39.5 Å². The van der Waals surface area contributed by atoms with Crippen LogP contribution in [0.2, 0.25) is 0 Å². The maximum Gasteiger partial charge on any atom is 0.326 e. The number of hydrogen-bond donors (Lipinski definition) is 2. The molecule has 1 unspecified atom stereocenters. The number of amides is 1. The number of hydrogen-bond acceptors (Lipinski definition) is 4. The molecule has 20 heavy (non-hydrogen) atoms. The molecule has 1 aliphatic rings. The molecule has 1 heterocycles. The highest BCUT2D eigenvalue weighted by Crippen LogP contribution is 2.18. The van der Waals surface area contributed by atoms with Crippen LogP contribution in [0.25, 0.3) is 0 Å². The molecule has 0 bridgehead atoms. The maximum absolute atomic E-state index is 12.2. The number of carbonyl (C=O) groups excluding carboxylic acids is 1. The van der Waals surface area contributed by atoms with Crippen molar-refractivity contribution in [3.05, 3.63) is 0 Å². The van der Waals surface area contributed by atoms with Crippen molar-refractivity contribution < 1.29 is 23.1 Å². The molecule has 1 rings (SSSR count). The highest BCUT2D eigenvalue weighted by atomic mass is 32.2. The minimum absolute atomic E-state index is 0.0486. The number of piperidine rings is 1. The van der Waals surface area contributed by atoms with Crippen molar-refractivity contribution >= 4 is 21.9 Å². The van der Waals surface area contributed by atoms with Gasteiger partial charge in [-0.05, 0) is 32.6 Å². The van der Waals surface area contributed by atoms with Crippen LogP contribution < -0.4 is 4.72 Å². The molecule has 1 amide bonds. The van der Waals surface area contributed by atoms with Crippen molar-refractivity contribution in [2.75, 3.05) is 12.3 Å². The second-order valence-corrected chi connectivity index (χ2v) is 6.91. The predicted octanol–water partition coefficient (Wildman–Crippen LogP) is 0.170. The molecule has 1 aliphatic heterocycles. The molecule has 116 valence electrons. The molecule has 2 N–H and O–H groups in total. The largest absolute Gasteiger partial charge is 0.480 e. The molecule has 8 heteroatoms. The van der Waals surface area contributed by atoms with Gasteiger partial charge >= 0.3 is 5.97 Å². The summed E-state index contributed by atoms with van der Waals surface area (Å²) in [6.07, 6.45) is 2.37. The Morgan fingerprint density at radius 1 is 1.40 bits per heavy atom. The van der Waals surface area contributed by atoms with E-state index >= 15 is 0 Å². The SMILES string of the molecule is CCCS(=O)(=O)NC(C)C(=O)N1CCCC[C@H]1C(=O)O. The molecule has 0 aromatic heterocycles. The van der Waals surface area contributed by atoms with Crippen LogP contribution in [0, 0.1) is 0 Å². The lowest BCUT2D eigenvalue weighted by atomic mass is 10.0. The van der Waals surface area contributed by atoms with E-state index in [4.69, 9.17) is 5.11 Å². The third-order valence-electron chi connectivity index (χ3n) is 3.27. The van der Waals surface area contributed by atoms with E-state index in [0.29, 0.717) is 19.4 Å². The molecule has 1 fully saturated rings. The van der Waals surface area contributed by atoms with E-state index in [0.717, 1.165) is 12.8 Å². The van der Waals surface area contributed by atoms with E-state index in [1.807, 2.05) is 0 Å². The smallest absolute Gasteiger partial charge is 0.326 e. The number of carbonyl (C=O) groups is 2. The summed E-state index contributed by atoms with van der Waals surface area (Å²) in [7, 11) is -3.50. The Hall–Kier alpha value is -1.15. The van der Waals surface area contributed by atoms with Crippen molar-refractivity contribution in [3.8, 4) is 0 Å². The molecule has 7 nitrogen and oxygen atoms in total. The van der Waals surface area contributed by atoms with Gasteiger partial charge in [-0.3, -0.25) is 4.79 Å². The topological polar surface area (TPSA) is 104 Å². The molecular weight excluding hydrogens is 284 g/mol. The third kappa shape index (κ3) is 4.45. The van der Waals surface area contributed by atoms with Crippen LogP contribution >= 0.6 is 0 Å². The van der Waals surface area contributed by atoms with Gasteiger partial charge in [-0.25, -0.2) is 17.9 Å². The third-order valence-corrected chi connectivity index (χ3v) is 4.93. The van der Waals surface area contributed by atoms with Gasteiger partial charge in [0.1, 0.15) is 6.04 Å². The van der Waals surface area contributed by atoms with Gasteiger partial charge in [0.15, 0.2) is 0 Å². The Bertz CT molecular complexity index is 462. The molecule has 0 aromatic carbocycles. The Morgan fingerprint density at radius 2 is 2.05 bits per heavy atom. The molecule has 0 aliphatic carbocycles. The summed E-state index contributed by atoms with van der Waals surface area (Å²) in [6.45, 7) is 3.54. The van der Waals surface area contributed by atoms with Crippen LogP contribution in [0.5, 0.6) is 0 Å². The fourth-order valence-corrected chi connectivity index (χ4v) is 3.64. The van der Waals surface area contributed by atoms with Crippen molar-refractivity contribution in [1.29, 1.82) is 0 Å². The Morgan fingerprint density at radius 3 is 2.60 bits per heavy atom.